The van der Waals surface area contributed by atoms with E-state index in [1.165, 1.54) is 25.9 Å². The zero-order chi connectivity index (χ0) is 25.4. The Morgan fingerprint density at radius 3 is 2.51 bits per heavy atom. The fourth-order valence-corrected chi connectivity index (χ4v) is 12.3. The number of likely N-dealkylation sites (tertiary alicyclic amines) is 1. The molecule has 3 aliphatic heterocycles. The summed E-state index contributed by atoms with van der Waals surface area (Å²) in [5.74, 6) is 0.164. The molecule has 0 aliphatic carbocycles. The monoisotopic (exact) mass is 631 g/mol. The van der Waals surface area contributed by atoms with Gasteiger partial charge in [-0.05, 0) is 0 Å². The van der Waals surface area contributed by atoms with E-state index in [-0.39, 0.29) is 22.6 Å². The first-order valence-corrected chi connectivity index (χ1v) is 18.4. The van der Waals surface area contributed by atoms with Gasteiger partial charge in [0.25, 0.3) is 0 Å². The number of nitrogens with zero attached hydrogens (tertiary/aromatic N) is 2. The minimum atomic E-state index is -1.23. The van der Waals surface area contributed by atoms with Gasteiger partial charge in [-0.25, -0.2) is 4.79 Å². The molecule has 1 spiro atoms. The van der Waals surface area contributed by atoms with E-state index in [9.17, 15) is 4.79 Å². The number of carboxylic acid groups (broad SMARTS) is 1. The number of alkyl halides is 3. The molecule has 0 bridgehead atoms. The number of amidine groups is 1. The molecule has 192 valence electrons. The number of hydrogen-bond acceptors (Lipinski definition) is 5. The molecule has 1 aromatic carbocycles. The zero-order valence-electron chi connectivity index (χ0n) is 20.7. The Hall–Kier alpha value is -1.23. The van der Waals surface area contributed by atoms with Gasteiger partial charge >= 0.3 is 216 Å². The van der Waals surface area contributed by atoms with Crippen LogP contribution in [0.15, 0.2) is 46.4 Å². The fourth-order valence-electron chi connectivity index (χ4n) is 4.98. The molecule has 0 atom stereocenters. The van der Waals surface area contributed by atoms with Crippen molar-refractivity contribution in [2.75, 3.05) is 44.2 Å². The first kappa shape index (κ1) is 26.8. The number of ether oxygens (including phenoxy) is 1. The van der Waals surface area contributed by atoms with Crippen molar-refractivity contribution in [1.82, 2.24) is 4.90 Å². The van der Waals surface area contributed by atoms with Gasteiger partial charge in [0.2, 0.25) is 0 Å². The minimum absolute atomic E-state index is 0.156. The SMILES string of the molecule is C=C(Cl)C1=C(CI(C)CN2CCC3(CC2)CN(c2ccc(C(=O)O)cc2)C(=N)O3)C(C)(C)CCS1. The third kappa shape index (κ3) is 6.02. The van der Waals surface area contributed by atoms with E-state index in [2.05, 4.69) is 30.3 Å². The standard InChI is InChI=1S/C26H35ClIN3O3S/c1-18(27)22-21(25(2,3)11-14-35-22)15-28(4)17-30-12-9-26(10-13-30)16-31(24(29)34-26)20-7-5-19(6-8-20)23(32)33/h5-8,29H,1,9-17H2,2-4H3,(H,32,33). The van der Waals surface area contributed by atoms with Crippen molar-refractivity contribution in [2.45, 2.75) is 38.7 Å². The zero-order valence-corrected chi connectivity index (χ0v) is 24.4. The quantitative estimate of drug-likeness (QED) is 0.210. The average molecular weight is 632 g/mol. The average Bonchev–Trinajstić information content (AvgIpc) is 3.12. The van der Waals surface area contributed by atoms with Crippen molar-refractivity contribution in [1.29, 1.82) is 5.41 Å². The predicted octanol–water partition coefficient (Wildman–Crippen LogP) is 6.25. The number of nitrogens with one attached hydrogen (secondary N) is 1. The summed E-state index contributed by atoms with van der Waals surface area (Å²) in [4.78, 5) is 19.3. The number of aromatic carboxylic acids is 1. The molecule has 9 heteroatoms. The fraction of sp³-hybridized carbons (Fsp3) is 0.538. The van der Waals surface area contributed by atoms with E-state index in [0.717, 1.165) is 37.4 Å². The molecule has 1 aromatic rings. The Morgan fingerprint density at radius 1 is 1.26 bits per heavy atom. The molecule has 35 heavy (non-hydrogen) atoms. The van der Waals surface area contributed by atoms with Crippen LogP contribution in [0.1, 0.15) is 43.5 Å². The molecular weight excluding hydrogens is 597 g/mol. The molecule has 0 aromatic heterocycles. The van der Waals surface area contributed by atoms with Gasteiger partial charge in [0.05, 0.1) is 0 Å². The van der Waals surface area contributed by atoms with E-state index >= 15 is 0 Å². The van der Waals surface area contributed by atoms with Gasteiger partial charge in [0, 0.05) is 0 Å². The summed E-state index contributed by atoms with van der Waals surface area (Å²) in [7, 11) is 0. The summed E-state index contributed by atoms with van der Waals surface area (Å²) in [6.45, 7) is 11.3. The third-order valence-electron chi connectivity index (χ3n) is 7.24. The number of thioether (sulfide) groups is 1. The van der Waals surface area contributed by atoms with Gasteiger partial charge in [-0.1, -0.05) is 0 Å². The number of carbonyl (C=O) groups is 1. The molecule has 3 heterocycles. The van der Waals surface area contributed by atoms with Crippen LogP contribution in [0.4, 0.5) is 5.69 Å². The Morgan fingerprint density at radius 2 is 1.91 bits per heavy atom. The van der Waals surface area contributed by atoms with Crippen LogP contribution in [-0.4, -0.2) is 66.9 Å². The second-order valence-electron chi connectivity index (χ2n) is 10.3. The maximum absolute atomic E-state index is 11.1. The molecule has 0 amide bonds. The molecule has 2 N–H and O–H groups in total. The summed E-state index contributed by atoms with van der Waals surface area (Å²) in [6.07, 6.45) is 2.99. The van der Waals surface area contributed by atoms with E-state index in [4.69, 9.17) is 26.9 Å². The van der Waals surface area contributed by atoms with Gasteiger partial charge in [-0.2, -0.15) is 0 Å². The van der Waals surface area contributed by atoms with Crippen molar-refractivity contribution in [3.05, 3.63) is 51.9 Å². The molecule has 6 nitrogen and oxygen atoms in total. The van der Waals surface area contributed by atoms with Crippen LogP contribution < -0.4 is 4.90 Å². The summed E-state index contributed by atoms with van der Waals surface area (Å²) in [5.41, 5.74) is 2.43. The van der Waals surface area contributed by atoms with E-state index < -0.39 is 25.8 Å². The Kier molecular flexibility index (Phi) is 8.15. The summed E-state index contributed by atoms with van der Waals surface area (Å²) < 4.78 is 8.49. The number of halogens is 2. The molecule has 4 rings (SSSR count). The van der Waals surface area contributed by atoms with Crippen LogP contribution in [0.2, 0.25) is 0 Å². The van der Waals surface area contributed by atoms with Crippen LogP contribution >= 0.6 is 43.2 Å². The van der Waals surface area contributed by atoms with Crippen LogP contribution in [0, 0.1) is 10.8 Å². The maximum atomic E-state index is 11.1. The van der Waals surface area contributed by atoms with Gasteiger partial charge < -0.3 is 5.11 Å². The normalized spacial score (nSPS) is 22.3. The number of anilines is 1. The summed E-state index contributed by atoms with van der Waals surface area (Å²) in [6, 6.07) is 6.83. The first-order valence-electron chi connectivity index (χ1n) is 11.8. The van der Waals surface area contributed by atoms with Gasteiger partial charge in [-0.15, -0.1) is 0 Å². The van der Waals surface area contributed by atoms with Crippen LogP contribution in [0.5, 0.6) is 0 Å². The summed E-state index contributed by atoms with van der Waals surface area (Å²) >= 11 is 7.03. The number of piperidine rings is 1. The second-order valence-corrected chi connectivity index (χ2v) is 17.5. The number of allylic oxidation sites excluding steroid dienone is 2. The molecule has 0 saturated carbocycles. The topological polar surface area (TPSA) is 76.9 Å². The molecule has 3 aliphatic rings. The van der Waals surface area contributed by atoms with Crippen LogP contribution in [0.25, 0.3) is 0 Å². The molecule has 2 fully saturated rings. The van der Waals surface area contributed by atoms with E-state index in [0.29, 0.717) is 11.6 Å². The molecule has 2 saturated heterocycles. The van der Waals surface area contributed by atoms with Crippen molar-refractivity contribution >= 4 is 60.9 Å². The third-order valence-corrected chi connectivity index (χ3v) is 12.9. The van der Waals surface area contributed by atoms with Crippen molar-refractivity contribution < 1.29 is 14.6 Å². The number of carboxylic acids is 1. The number of rotatable bonds is 7. The Balaban J connectivity index is 1.34. The molecule has 0 radical (unpaired) electrons. The van der Waals surface area contributed by atoms with Crippen LogP contribution in [0.3, 0.4) is 0 Å². The van der Waals surface area contributed by atoms with E-state index in [1.807, 2.05) is 16.7 Å². The number of benzene rings is 1. The Labute approximate surface area is 225 Å². The van der Waals surface area contributed by atoms with Gasteiger partial charge in [-0.3, -0.25) is 0 Å². The summed E-state index contributed by atoms with van der Waals surface area (Å²) in [5, 5.41) is 18.2. The van der Waals surface area contributed by atoms with Crippen molar-refractivity contribution in [3.8, 4) is 0 Å². The van der Waals surface area contributed by atoms with Gasteiger partial charge in [0.1, 0.15) is 0 Å². The van der Waals surface area contributed by atoms with Crippen molar-refractivity contribution in [2.24, 2.45) is 5.41 Å². The van der Waals surface area contributed by atoms with E-state index in [1.54, 1.807) is 24.3 Å². The molecular formula is C26H35ClIN3O3S. The first-order chi connectivity index (χ1) is 16.5. The second kappa shape index (κ2) is 10.6. The van der Waals surface area contributed by atoms with Crippen molar-refractivity contribution in [3.63, 3.8) is 0 Å². The molecule has 0 unspecified atom stereocenters. The Bertz CT molecular complexity index is 1030. The number of hydrogen-bond donors (Lipinski definition) is 2. The predicted molar refractivity (Wildman–Crippen MR) is 156 cm³/mol. The van der Waals surface area contributed by atoms with Crippen LogP contribution in [-0.2, 0) is 4.74 Å². The van der Waals surface area contributed by atoms with Gasteiger partial charge in [0.15, 0.2) is 0 Å².